The molecule has 2 atom stereocenters. The number of nitrogens with one attached hydrogen (secondary N) is 2. The Morgan fingerprint density at radius 1 is 0.921 bits per heavy atom. The predicted molar refractivity (Wildman–Crippen MR) is 143 cm³/mol. The van der Waals surface area contributed by atoms with Gasteiger partial charge in [-0.3, -0.25) is 5.32 Å². The maximum atomic E-state index is 12.7. The number of aliphatic hydroxyl groups is 1. The Labute approximate surface area is 220 Å². The monoisotopic (exact) mass is 517 g/mol. The number of hydrogen-bond donors (Lipinski definition) is 3. The fourth-order valence-electron chi connectivity index (χ4n) is 3.75. The summed E-state index contributed by atoms with van der Waals surface area (Å²) in [7, 11) is 0. The number of carbonyl (C=O) groups is 2. The van der Waals surface area contributed by atoms with Gasteiger partial charge in [-0.25, -0.2) is 14.6 Å². The molecule has 0 spiro atoms. The largest absolute Gasteiger partial charge is 0.445 e. The lowest BCUT2D eigenvalue weighted by Crippen LogP contribution is -2.41. The number of oxazole rings is 1. The third kappa shape index (κ3) is 7.57. The van der Waals surface area contributed by atoms with E-state index < -0.39 is 29.9 Å². The van der Waals surface area contributed by atoms with Gasteiger partial charge in [-0.15, -0.1) is 0 Å². The minimum atomic E-state index is -1.24. The summed E-state index contributed by atoms with van der Waals surface area (Å²) in [5.74, 6) is 0.0859. The van der Waals surface area contributed by atoms with Crippen LogP contribution in [0, 0.1) is 0 Å². The first-order valence-corrected chi connectivity index (χ1v) is 12.3. The molecule has 2 amide bonds. The molecule has 0 saturated heterocycles. The molecule has 38 heavy (non-hydrogen) atoms. The van der Waals surface area contributed by atoms with Crippen LogP contribution >= 0.6 is 0 Å². The highest BCUT2D eigenvalue weighted by atomic mass is 16.6. The molecule has 1 heterocycles. The van der Waals surface area contributed by atoms with Crippen LogP contribution in [0.15, 0.2) is 83.3 Å². The molecule has 0 aliphatic rings. The molecule has 1 aromatic heterocycles. The molecule has 3 aromatic carbocycles. The second-order valence-corrected chi connectivity index (χ2v) is 9.81. The van der Waals surface area contributed by atoms with Crippen molar-refractivity contribution in [3.8, 4) is 0 Å². The summed E-state index contributed by atoms with van der Waals surface area (Å²) in [6.45, 7) is 5.45. The Morgan fingerprint density at radius 3 is 2.29 bits per heavy atom. The smallest absolute Gasteiger partial charge is 0.412 e. The van der Waals surface area contributed by atoms with Gasteiger partial charge >= 0.3 is 12.2 Å². The predicted octanol–water partition coefficient (Wildman–Crippen LogP) is 5.75. The van der Waals surface area contributed by atoms with Crippen LogP contribution in [0.4, 0.5) is 15.3 Å². The van der Waals surface area contributed by atoms with Crippen LogP contribution in [-0.4, -0.2) is 33.9 Å². The number of benzene rings is 3. The maximum Gasteiger partial charge on any atom is 0.412 e. The highest BCUT2D eigenvalue weighted by Crippen LogP contribution is 2.25. The molecule has 9 nitrogen and oxygen atoms in total. The highest BCUT2D eigenvalue weighted by molar-refractivity contribution is 5.84. The molecular formula is C29H31N3O6. The van der Waals surface area contributed by atoms with Crippen LogP contribution in [0.2, 0.25) is 0 Å². The SMILES string of the molecule is CC(C)(C)OC(=O)Nc1ccc(C[C@H](NC(=O)OCc2ccccc2)C(O)c2nc3ccccc3o2)cc1. The molecule has 3 N–H and O–H groups in total. The fraction of sp³-hybridized carbons (Fsp3) is 0.276. The Morgan fingerprint density at radius 2 is 1.61 bits per heavy atom. The van der Waals surface area contributed by atoms with Crippen molar-refractivity contribution in [3.63, 3.8) is 0 Å². The molecule has 0 radical (unpaired) electrons. The molecule has 198 valence electrons. The van der Waals surface area contributed by atoms with E-state index in [0.717, 1.165) is 11.1 Å². The van der Waals surface area contributed by atoms with Crippen molar-refractivity contribution in [2.75, 3.05) is 5.32 Å². The Hall–Kier alpha value is -4.37. The maximum absolute atomic E-state index is 12.7. The topological polar surface area (TPSA) is 123 Å². The zero-order chi connectivity index (χ0) is 27.1. The standard InChI is InChI=1S/C29H31N3O6/c1-29(2,3)38-28(35)30-21-15-13-19(14-16-21)17-23(32-27(34)36-18-20-9-5-4-6-10-20)25(33)26-31-22-11-7-8-12-24(22)37-26/h4-16,23,25,33H,17-18H2,1-3H3,(H,30,35)(H,32,34)/t23-,25?/m0/s1. The number of rotatable bonds is 8. The first-order chi connectivity index (χ1) is 18.2. The normalized spacial score (nSPS) is 12.9. The van der Waals surface area contributed by atoms with Crippen molar-refractivity contribution in [3.05, 3.63) is 95.9 Å². The third-order valence-corrected chi connectivity index (χ3v) is 5.52. The molecule has 0 saturated carbocycles. The number of nitrogens with zero attached hydrogens (tertiary/aromatic N) is 1. The van der Waals surface area contributed by atoms with Gasteiger partial charge in [0.2, 0.25) is 5.89 Å². The molecule has 0 bridgehead atoms. The molecule has 0 fully saturated rings. The number of aromatic nitrogens is 1. The zero-order valence-electron chi connectivity index (χ0n) is 21.5. The summed E-state index contributed by atoms with van der Waals surface area (Å²) < 4.78 is 16.4. The molecule has 4 rings (SSSR count). The van der Waals surface area contributed by atoms with E-state index in [1.807, 2.05) is 42.5 Å². The van der Waals surface area contributed by atoms with E-state index in [1.165, 1.54) is 0 Å². The molecular weight excluding hydrogens is 486 g/mol. The van der Waals surface area contributed by atoms with Gasteiger partial charge in [0.25, 0.3) is 0 Å². The van der Waals surface area contributed by atoms with Crippen LogP contribution < -0.4 is 10.6 Å². The lowest BCUT2D eigenvalue weighted by Gasteiger charge is -2.22. The van der Waals surface area contributed by atoms with Crippen LogP contribution in [0.5, 0.6) is 0 Å². The van der Waals surface area contributed by atoms with Crippen molar-refractivity contribution < 1.29 is 28.6 Å². The number of aliphatic hydroxyl groups excluding tert-OH is 1. The van der Waals surface area contributed by atoms with Gasteiger partial charge in [-0.2, -0.15) is 0 Å². The lowest BCUT2D eigenvalue weighted by molar-refractivity contribution is 0.0635. The van der Waals surface area contributed by atoms with Gasteiger partial charge in [0.05, 0.1) is 6.04 Å². The van der Waals surface area contributed by atoms with Gasteiger partial charge in [0.1, 0.15) is 17.7 Å². The summed E-state index contributed by atoms with van der Waals surface area (Å²) in [4.78, 5) is 29.1. The van der Waals surface area contributed by atoms with Crippen LogP contribution in [-0.2, 0) is 22.5 Å². The number of fused-ring (bicyclic) bond motifs is 1. The number of para-hydroxylation sites is 2. The Bertz CT molecular complexity index is 1330. The average molecular weight is 518 g/mol. The minimum absolute atomic E-state index is 0.0859. The zero-order valence-corrected chi connectivity index (χ0v) is 21.5. The van der Waals surface area contributed by atoms with E-state index in [4.69, 9.17) is 13.9 Å². The van der Waals surface area contributed by atoms with E-state index in [0.29, 0.717) is 16.8 Å². The average Bonchev–Trinajstić information content (AvgIpc) is 3.32. The van der Waals surface area contributed by atoms with Gasteiger partial charge in [0.15, 0.2) is 11.7 Å². The number of anilines is 1. The fourth-order valence-corrected chi connectivity index (χ4v) is 3.75. The summed E-state index contributed by atoms with van der Waals surface area (Å²) in [6, 6.07) is 22.7. The van der Waals surface area contributed by atoms with Crippen LogP contribution in [0.25, 0.3) is 11.1 Å². The minimum Gasteiger partial charge on any atom is -0.445 e. The second-order valence-electron chi connectivity index (χ2n) is 9.81. The number of hydrogen-bond acceptors (Lipinski definition) is 7. The van der Waals surface area contributed by atoms with Crippen molar-refractivity contribution >= 4 is 29.0 Å². The van der Waals surface area contributed by atoms with E-state index in [2.05, 4.69) is 15.6 Å². The second kappa shape index (κ2) is 11.8. The van der Waals surface area contributed by atoms with Crippen LogP contribution in [0.1, 0.15) is 43.9 Å². The van der Waals surface area contributed by atoms with Crippen molar-refractivity contribution in [1.29, 1.82) is 0 Å². The Balaban J connectivity index is 1.47. The van der Waals surface area contributed by atoms with Gasteiger partial charge in [0, 0.05) is 5.69 Å². The summed E-state index contributed by atoms with van der Waals surface area (Å²) in [6.07, 6.45) is -2.24. The van der Waals surface area contributed by atoms with E-state index in [9.17, 15) is 14.7 Å². The van der Waals surface area contributed by atoms with Gasteiger partial charge in [-0.1, -0.05) is 54.6 Å². The molecule has 0 aliphatic heterocycles. The molecule has 9 heteroatoms. The van der Waals surface area contributed by atoms with E-state index >= 15 is 0 Å². The Kier molecular flexibility index (Phi) is 8.28. The number of ether oxygens (including phenoxy) is 2. The summed E-state index contributed by atoms with van der Waals surface area (Å²) in [5, 5.41) is 16.6. The van der Waals surface area contributed by atoms with Gasteiger partial charge in [-0.05, 0) is 62.6 Å². The number of alkyl carbamates (subject to hydrolysis) is 1. The quantitative estimate of drug-likeness (QED) is 0.272. The highest BCUT2D eigenvalue weighted by Gasteiger charge is 2.28. The van der Waals surface area contributed by atoms with Gasteiger partial charge < -0.3 is 24.3 Å². The van der Waals surface area contributed by atoms with Crippen LogP contribution in [0.3, 0.4) is 0 Å². The molecule has 4 aromatic rings. The molecule has 0 aliphatic carbocycles. The number of carbonyl (C=O) groups excluding carboxylic acids is 2. The summed E-state index contributed by atoms with van der Waals surface area (Å²) >= 11 is 0. The first-order valence-electron chi connectivity index (χ1n) is 12.3. The van der Waals surface area contributed by atoms with Crippen molar-refractivity contribution in [2.24, 2.45) is 0 Å². The summed E-state index contributed by atoms with van der Waals surface area (Å²) in [5.41, 5.74) is 2.71. The van der Waals surface area contributed by atoms with E-state index in [-0.39, 0.29) is 18.9 Å². The molecule has 1 unspecified atom stereocenters. The number of amides is 2. The lowest BCUT2D eigenvalue weighted by atomic mass is 10.0. The third-order valence-electron chi connectivity index (χ3n) is 5.52. The first kappa shape index (κ1) is 26.7. The van der Waals surface area contributed by atoms with Crippen molar-refractivity contribution in [2.45, 2.75) is 51.5 Å². The van der Waals surface area contributed by atoms with Crippen molar-refractivity contribution in [1.82, 2.24) is 10.3 Å². The van der Waals surface area contributed by atoms with E-state index in [1.54, 1.807) is 57.2 Å².